The van der Waals surface area contributed by atoms with Gasteiger partial charge < -0.3 is 14.0 Å². The van der Waals surface area contributed by atoms with E-state index in [9.17, 15) is 18.0 Å². The first-order valence-corrected chi connectivity index (χ1v) is 14.2. The molecule has 35 heavy (non-hydrogen) atoms. The van der Waals surface area contributed by atoms with Gasteiger partial charge in [-0.1, -0.05) is 41.7 Å². The highest BCUT2D eigenvalue weighted by molar-refractivity contribution is 7.90. The molecule has 0 saturated carbocycles. The first-order chi connectivity index (χ1) is 16.8. The molecule has 3 rings (SSSR count). The van der Waals surface area contributed by atoms with Crippen LogP contribution in [0.5, 0.6) is 0 Å². The van der Waals surface area contributed by atoms with Crippen molar-refractivity contribution in [2.75, 3.05) is 25.6 Å². The molecule has 0 aliphatic rings. The Bertz CT molecular complexity index is 1330. The molecule has 1 amide bonds. The minimum absolute atomic E-state index is 0.0296. The molecule has 8 nitrogen and oxygen atoms in total. The molecule has 2 aromatic carbocycles. The van der Waals surface area contributed by atoms with E-state index in [0.717, 1.165) is 15.8 Å². The molecule has 0 unspecified atom stereocenters. The van der Waals surface area contributed by atoms with Crippen LogP contribution in [-0.2, 0) is 36.4 Å². The van der Waals surface area contributed by atoms with E-state index in [1.54, 1.807) is 43.3 Å². The predicted octanol–water partition coefficient (Wildman–Crippen LogP) is 3.74. The van der Waals surface area contributed by atoms with Crippen molar-refractivity contribution in [3.8, 4) is 0 Å². The van der Waals surface area contributed by atoms with Gasteiger partial charge in [-0.15, -0.1) is 0 Å². The van der Waals surface area contributed by atoms with Gasteiger partial charge in [-0.2, -0.15) is 4.99 Å². The summed E-state index contributed by atoms with van der Waals surface area (Å²) in [6.45, 7) is 5.44. The van der Waals surface area contributed by atoms with Crippen LogP contribution < -0.4 is 4.80 Å². The number of benzene rings is 2. The summed E-state index contributed by atoms with van der Waals surface area (Å²) >= 11 is 1.29. The second kappa shape index (κ2) is 12.8. The molecule has 10 heteroatoms. The zero-order valence-electron chi connectivity index (χ0n) is 19.9. The van der Waals surface area contributed by atoms with Gasteiger partial charge in [0.2, 0.25) is 5.91 Å². The Labute approximate surface area is 209 Å². The zero-order valence-corrected chi connectivity index (χ0v) is 21.6. The molecule has 0 aliphatic heterocycles. The fraction of sp³-hybridized carbons (Fsp3) is 0.400. The number of hydrogen-bond donors (Lipinski definition) is 0. The number of carbonyl (C=O) groups is 2. The first kappa shape index (κ1) is 26.8. The van der Waals surface area contributed by atoms with Crippen molar-refractivity contribution in [3.63, 3.8) is 0 Å². The average molecular weight is 519 g/mol. The van der Waals surface area contributed by atoms with Crippen LogP contribution >= 0.6 is 11.3 Å². The number of ether oxygens (including phenoxy) is 2. The fourth-order valence-electron chi connectivity index (χ4n) is 3.52. The van der Waals surface area contributed by atoms with Crippen molar-refractivity contribution in [2.24, 2.45) is 4.99 Å². The highest BCUT2D eigenvalue weighted by atomic mass is 32.2. The summed E-state index contributed by atoms with van der Waals surface area (Å²) in [6.07, 6.45) is 0.232. The van der Waals surface area contributed by atoms with Crippen LogP contribution in [0.1, 0.15) is 42.6 Å². The minimum Gasteiger partial charge on any atom is -0.462 e. The molecule has 1 heterocycles. The van der Waals surface area contributed by atoms with Crippen molar-refractivity contribution < 1.29 is 27.5 Å². The fourth-order valence-corrected chi connectivity index (χ4v) is 6.06. The lowest BCUT2D eigenvalue weighted by Crippen LogP contribution is -2.20. The second-order valence-corrected chi connectivity index (χ2v) is 11.0. The summed E-state index contributed by atoms with van der Waals surface area (Å²) in [6, 6.07) is 14.2. The Kier molecular flexibility index (Phi) is 9.76. The highest BCUT2D eigenvalue weighted by Crippen LogP contribution is 2.20. The molecule has 0 aliphatic carbocycles. The van der Waals surface area contributed by atoms with Gasteiger partial charge in [0.25, 0.3) is 0 Å². The maximum atomic E-state index is 12.6. The second-order valence-electron chi connectivity index (χ2n) is 7.82. The lowest BCUT2D eigenvalue weighted by atomic mass is 10.2. The van der Waals surface area contributed by atoms with Gasteiger partial charge in [-0.25, -0.2) is 13.2 Å². The van der Waals surface area contributed by atoms with Crippen molar-refractivity contribution in [1.29, 1.82) is 0 Å². The molecule has 1 aromatic heterocycles. The van der Waals surface area contributed by atoms with Crippen LogP contribution in [0.15, 0.2) is 53.5 Å². The van der Waals surface area contributed by atoms with E-state index in [2.05, 4.69) is 4.99 Å². The SMILES string of the molecule is CCOCCn1c(=NC(=O)CCCS(=O)(=O)Cc2ccccc2)sc2cc(C(=O)OCC)ccc21. The van der Waals surface area contributed by atoms with Crippen molar-refractivity contribution in [2.45, 2.75) is 39.0 Å². The van der Waals surface area contributed by atoms with Crippen molar-refractivity contribution in [3.05, 3.63) is 64.5 Å². The number of sulfone groups is 1. The van der Waals surface area contributed by atoms with Crippen LogP contribution in [0.4, 0.5) is 0 Å². The van der Waals surface area contributed by atoms with Crippen LogP contribution in [0.2, 0.25) is 0 Å². The van der Waals surface area contributed by atoms with Gasteiger partial charge in [0.15, 0.2) is 14.6 Å². The lowest BCUT2D eigenvalue weighted by molar-refractivity contribution is -0.118. The van der Waals surface area contributed by atoms with E-state index in [0.29, 0.717) is 30.1 Å². The average Bonchev–Trinajstić information content (AvgIpc) is 3.15. The Morgan fingerprint density at radius 2 is 1.83 bits per heavy atom. The summed E-state index contributed by atoms with van der Waals surface area (Å²) in [5.41, 5.74) is 1.99. The van der Waals surface area contributed by atoms with Crippen LogP contribution in [0, 0.1) is 0 Å². The van der Waals surface area contributed by atoms with Crippen LogP contribution in [0.3, 0.4) is 0 Å². The van der Waals surface area contributed by atoms with Gasteiger partial charge in [0.1, 0.15) is 0 Å². The van der Waals surface area contributed by atoms with Crippen LogP contribution in [0.25, 0.3) is 10.2 Å². The first-order valence-electron chi connectivity index (χ1n) is 11.5. The van der Waals surface area contributed by atoms with E-state index >= 15 is 0 Å². The number of amides is 1. The maximum Gasteiger partial charge on any atom is 0.338 e. The minimum atomic E-state index is -3.32. The van der Waals surface area contributed by atoms with Gasteiger partial charge in [-0.05, 0) is 44.0 Å². The molecular formula is C25H30N2O6S2. The van der Waals surface area contributed by atoms with Crippen molar-refractivity contribution >= 4 is 43.3 Å². The van der Waals surface area contributed by atoms with E-state index < -0.39 is 15.8 Å². The quantitative estimate of drug-likeness (QED) is 0.267. The van der Waals surface area contributed by atoms with Gasteiger partial charge in [0, 0.05) is 19.6 Å². The van der Waals surface area contributed by atoms with E-state index in [-0.39, 0.29) is 36.9 Å². The number of aromatic nitrogens is 1. The Balaban J connectivity index is 1.75. The topological polar surface area (TPSA) is 104 Å². The lowest BCUT2D eigenvalue weighted by Gasteiger charge is -2.06. The molecule has 0 radical (unpaired) electrons. The third-order valence-electron chi connectivity index (χ3n) is 5.15. The van der Waals surface area contributed by atoms with Crippen molar-refractivity contribution in [1.82, 2.24) is 4.57 Å². The molecule has 0 fully saturated rings. The number of rotatable bonds is 12. The number of fused-ring (bicyclic) bond motifs is 1. The molecule has 0 bridgehead atoms. The third kappa shape index (κ3) is 7.84. The smallest absolute Gasteiger partial charge is 0.338 e. The van der Waals surface area contributed by atoms with E-state index in [4.69, 9.17) is 9.47 Å². The van der Waals surface area contributed by atoms with Gasteiger partial charge in [0.05, 0.1) is 40.5 Å². The number of carbonyl (C=O) groups excluding carboxylic acids is 2. The summed E-state index contributed by atoms with van der Waals surface area (Å²) < 4.78 is 38.0. The summed E-state index contributed by atoms with van der Waals surface area (Å²) in [5, 5.41) is 0. The van der Waals surface area contributed by atoms with Crippen LogP contribution in [-0.4, -0.2) is 50.4 Å². The maximum absolute atomic E-state index is 12.6. The molecule has 0 atom stereocenters. The normalized spacial score (nSPS) is 12.2. The number of esters is 1. The Morgan fingerprint density at radius 1 is 1.06 bits per heavy atom. The highest BCUT2D eigenvalue weighted by Gasteiger charge is 2.15. The largest absolute Gasteiger partial charge is 0.462 e. The molecule has 0 N–H and O–H groups in total. The van der Waals surface area contributed by atoms with E-state index in [1.165, 1.54) is 11.3 Å². The zero-order chi connectivity index (χ0) is 25.3. The summed E-state index contributed by atoms with van der Waals surface area (Å²) in [4.78, 5) is 29.5. The standard InChI is InChI=1S/C25H30N2O6S2/c1-3-32-15-14-27-21-13-12-20(24(29)33-4-2)17-22(21)34-25(27)26-23(28)11-8-16-35(30,31)18-19-9-6-5-7-10-19/h5-7,9-10,12-13,17H,3-4,8,11,14-16,18H2,1-2H3. The molecule has 188 valence electrons. The summed E-state index contributed by atoms with van der Waals surface area (Å²) in [5.74, 6) is -0.921. The number of thiazole rings is 1. The monoisotopic (exact) mass is 518 g/mol. The number of hydrogen-bond acceptors (Lipinski definition) is 7. The van der Waals surface area contributed by atoms with Gasteiger partial charge in [-0.3, -0.25) is 4.79 Å². The van der Waals surface area contributed by atoms with Gasteiger partial charge >= 0.3 is 5.97 Å². The molecule has 3 aromatic rings. The van der Waals surface area contributed by atoms with E-state index in [1.807, 2.05) is 23.6 Å². The third-order valence-corrected chi connectivity index (χ3v) is 7.88. The molecule has 0 saturated heterocycles. The Hall–Kier alpha value is -2.82. The Morgan fingerprint density at radius 3 is 2.54 bits per heavy atom. The molecule has 0 spiro atoms. The molecular weight excluding hydrogens is 488 g/mol. The summed E-state index contributed by atoms with van der Waals surface area (Å²) in [7, 11) is -3.32. The number of nitrogens with zero attached hydrogens (tertiary/aromatic N) is 2. The predicted molar refractivity (Wildman–Crippen MR) is 136 cm³/mol.